The summed E-state index contributed by atoms with van der Waals surface area (Å²) in [6.45, 7) is 7.35. The molecular weight excluding hydrogens is 504 g/mol. The Morgan fingerprint density at radius 2 is 1.94 bits per heavy atom. The molecule has 174 valence electrons. The van der Waals surface area contributed by atoms with E-state index in [2.05, 4.69) is 57.0 Å². The van der Waals surface area contributed by atoms with E-state index >= 15 is 0 Å². The lowest BCUT2D eigenvalue weighted by Crippen LogP contribution is -2.44. The van der Waals surface area contributed by atoms with Gasteiger partial charge in [-0.05, 0) is 85.2 Å². The molecule has 1 amide bonds. The number of benzene rings is 2. The Morgan fingerprint density at radius 3 is 2.47 bits per heavy atom. The van der Waals surface area contributed by atoms with Crippen LogP contribution in [0.4, 0.5) is 20.2 Å². The largest absolute Gasteiger partial charge is 0.487 e. The maximum absolute atomic E-state index is 13.0. The lowest BCUT2D eigenvalue weighted by molar-refractivity contribution is -0.0964. The molecule has 2 aromatic carbocycles. The number of hydrogen-bond donors (Lipinski definition) is 2. The Balaban J connectivity index is 1.87. The van der Waals surface area contributed by atoms with Gasteiger partial charge in [0.25, 0.3) is 5.91 Å². The summed E-state index contributed by atoms with van der Waals surface area (Å²) >= 11 is 8.47. The second-order valence-corrected chi connectivity index (χ2v) is 9.36. The normalized spacial score (nSPS) is 18.1. The molecule has 0 radical (unpaired) electrons. The first-order valence-electron chi connectivity index (χ1n) is 10.5. The fourth-order valence-electron chi connectivity index (χ4n) is 4.40. The van der Waals surface area contributed by atoms with Crippen molar-refractivity contribution in [2.24, 2.45) is 0 Å². The van der Waals surface area contributed by atoms with Crippen molar-refractivity contribution in [3.8, 4) is 5.75 Å². The molecule has 5 nitrogen and oxygen atoms in total. The molecule has 0 aliphatic carbocycles. The van der Waals surface area contributed by atoms with Crippen molar-refractivity contribution in [1.29, 1.82) is 0 Å². The minimum atomic E-state index is -3.79. The zero-order chi connectivity index (χ0) is 23.6. The summed E-state index contributed by atoms with van der Waals surface area (Å²) in [5, 5.41) is 6.11. The highest BCUT2D eigenvalue weighted by Crippen LogP contribution is 2.48. The lowest BCUT2D eigenvalue weighted by atomic mass is 9.91. The summed E-state index contributed by atoms with van der Waals surface area (Å²) < 4.78 is 30.7. The number of rotatable bonds is 8. The van der Waals surface area contributed by atoms with Crippen LogP contribution in [0.15, 0.2) is 40.9 Å². The molecule has 1 aliphatic rings. The number of ether oxygens (including phenoxy) is 1. The van der Waals surface area contributed by atoms with Crippen molar-refractivity contribution in [3.05, 3.63) is 52.0 Å². The monoisotopic (exact) mass is 529 g/mol. The molecular formula is C23H27BrClF2N3O2. The molecule has 0 fully saturated rings. The van der Waals surface area contributed by atoms with Crippen LogP contribution in [0.3, 0.4) is 0 Å². The molecule has 32 heavy (non-hydrogen) atoms. The first kappa shape index (κ1) is 24.7. The van der Waals surface area contributed by atoms with Gasteiger partial charge in [0.2, 0.25) is 0 Å². The Kier molecular flexibility index (Phi) is 7.68. The number of anilines is 2. The predicted octanol–water partition coefficient (Wildman–Crippen LogP) is 6.18. The number of likely N-dealkylation sites (N-methyl/N-ethyl adjacent to an activating group) is 1. The number of carbonyl (C=O) groups excluding carboxylic acids is 1. The number of halogens is 4. The molecule has 9 heteroatoms. The van der Waals surface area contributed by atoms with Crippen molar-refractivity contribution in [3.63, 3.8) is 0 Å². The third-order valence-electron chi connectivity index (χ3n) is 5.59. The third-order valence-corrected chi connectivity index (χ3v) is 6.27. The van der Waals surface area contributed by atoms with E-state index in [0.29, 0.717) is 23.3 Å². The van der Waals surface area contributed by atoms with E-state index in [0.717, 1.165) is 28.7 Å². The van der Waals surface area contributed by atoms with Crippen LogP contribution in [-0.2, 0) is 0 Å². The summed E-state index contributed by atoms with van der Waals surface area (Å²) in [6.07, 6.45) is 0.951. The molecule has 2 aromatic rings. The smallest absolute Gasteiger partial charge is 0.420 e. The van der Waals surface area contributed by atoms with Crippen molar-refractivity contribution < 1.29 is 18.3 Å². The molecule has 0 saturated heterocycles. The summed E-state index contributed by atoms with van der Waals surface area (Å²) in [7, 11) is 1.95. The molecule has 1 aliphatic heterocycles. The zero-order valence-electron chi connectivity index (χ0n) is 18.4. The molecule has 0 spiro atoms. The minimum absolute atomic E-state index is 0.0987. The first-order valence-corrected chi connectivity index (χ1v) is 11.7. The van der Waals surface area contributed by atoms with Crippen LogP contribution in [0.1, 0.15) is 49.0 Å². The van der Waals surface area contributed by atoms with E-state index in [-0.39, 0.29) is 17.6 Å². The second-order valence-electron chi connectivity index (χ2n) is 8.06. The van der Waals surface area contributed by atoms with Gasteiger partial charge in [0.05, 0.1) is 5.69 Å². The Hall–Kier alpha value is -1.90. The van der Waals surface area contributed by atoms with E-state index < -0.39 is 5.57 Å². The van der Waals surface area contributed by atoms with Crippen molar-refractivity contribution >= 4 is 44.8 Å². The van der Waals surface area contributed by atoms with E-state index in [9.17, 15) is 13.6 Å². The predicted molar refractivity (Wildman–Crippen MR) is 128 cm³/mol. The van der Waals surface area contributed by atoms with Gasteiger partial charge in [-0.25, -0.2) is 0 Å². The van der Waals surface area contributed by atoms with Gasteiger partial charge in [-0.15, -0.1) is 8.78 Å². The van der Waals surface area contributed by atoms with Crippen LogP contribution in [-0.4, -0.2) is 37.2 Å². The third kappa shape index (κ3) is 5.35. The number of alkyl halides is 3. The Bertz CT molecular complexity index is 967. The lowest BCUT2D eigenvalue weighted by Gasteiger charge is -2.34. The average molecular weight is 531 g/mol. The number of nitrogens with one attached hydrogen (secondary N) is 2. The van der Waals surface area contributed by atoms with Gasteiger partial charge in [0.15, 0.2) is 0 Å². The van der Waals surface area contributed by atoms with Gasteiger partial charge in [-0.3, -0.25) is 4.79 Å². The van der Waals surface area contributed by atoms with Gasteiger partial charge in [0.1, 0.15) is 5.75 Å². The van der Waals surface area contributed by atoms with E-state index in [1.54, 1.807) is 0 Å². The van der Waals surface area contributed by atoms with E-state index in [4.69, 9.17) is 11.6 Å². The highest BCUT2D eigenvalue weighted by Gasteiger charge is 2.40. The molecule has 0 bridgehead atoms. The quantitative estimate of drug-likeness (QED) is 0.400. The van der Waals surface area contributed by atoms with Gasteiger partial charge in [-0.1, -0.05) is 6.92 Å². The van der Waals surface area contributed by atoms with E-state index in [1.165, 1.54) is 24.3 Å². The fourth-order valence-corrected chi connectivity index (χ4v) is 5.17. The Morgan fingerprint density at radius 1 is 1.28 bits per heavy atom. The molecule has 2 N–H and O–H groups in total. The summed E-state index contributed by atoms with van der Waals surface area (Å²) in [6, 6.07) is 9.99. The van der Waals surface area contributed by atoms with Crippen LogP contribution in [0.25, 0.3) is 0 Å². The van der Waals surface area contributed by atoms with Crippen LogP contribution in [0.2, 0.25) is 0 Å². The number of amides is 1. The zero-order valence-corrected chi connectivity index (χ0v) is 20.7. The number of carbonyl (C=O) groups is 1. The molecule has 2 unspecified atom stereocenters. The van der Waals surface area contributed by atoms with Gasteiger partial charge < -0.3 is 20.3 Å². The summed E-state index contributed by atoms with van der Waals surface area (Å²) in [5.41, 5.74) is -0.524. The van der Waals surface area contributed by atoms with Crippen LogP contribution in [0.5, 0.6) is 5.75 Å². The summed E-state index contributed by atoms with van der Waals surface area (Å²) in [4.78, 5) is 15.4. The van der Waals surface area contributed by atoms with Crippen molar-refractivity contribution in [1.82, 2.24) is 5.32 Å². The molecule has 2 atom stereocenters. The van der Waals surface area contributed by atoms with E-state index in [1.807, 2.05) is 19.2 Å². The molecule has 1 heterocycles. The Labute approximate surface area is 200 Å². The van der Waals surface area contributed by atoms with Crippen molar-refractivity contribution in [2.75, 3.05) is 23.8 Å². The molecule has 0 aromatic heterocycles. The van der Waals surface area contributed by atoms with Crippen LogP contribution >= 0.6 is 27.5 Å². The van der Waals surface area contributed by atoms with Crippen molar-refractivity contribution in [2.45, 2.75) is 50.8 Å². The topological polar surface area (TPSA) is 53.6 Å². The van der Waals surface area contributed by atoms with Gasteiger partial charge in [0, 0.05) is 51.9 Å². The van der Waals surface area contributed by atoms with Crippen LogP contribution < -0.4 is 20.3 Å². The molecule has 3 rings (SSSR count). The minimum Gasteiger partial charge on any atom is -0.420 e. The maximum Gasteiger partial charge on any atom is 0.487 e. The second kappa shape index (κ2) is 9.93. The average Bonchev–Trinajstić information content (AvgIpc) is 3.02. The number of fused-ring (bicyclic) bond motifs is 1. The first-order chi connectivity index (χ1) is 15.1. The highest BCUT2D eigenvalue weighted by molar-refractivity contribution is 9.10. The number of nitrogens with zero attached hydrogens (tertiary/aromatic N) is 1. The fraction of sp³-hybridized carbons (Fsp3) is 0.435. The highest BCUT2D eigenvalue weighted by atomic mass is 79.9. The standard InChI is InChI=1S/C23H27BrClF2N3O2/c1-5-17-18-10-14(11-19(24)21(18)30(13(2)3)20(17)12-28-4)22(31)29-15-6-8-16(9-7-15)32-23(25,26)27/h6-11,13,17,20,28H,5,12H2,1-4H3,(H,29,31). The van der Waals surface area contributed by atoms with Gasteiger partial charge in [-0.2, -0.15) is 0 Å². The maximum atomic E-state index is 13.0. The molecule has 0 saturated carbocycles. The SMILES string of the molecule is CCC1c2cc(C(=O)Nc3ccc(OC(F)(F)Cl)cc3)cc(Br)c2N(C(C)C)C1CNC. The summed E-state index contributed by atoms with van der Waals surface area (Å²) in [5.74, 6) is -0.0937. The number of hydrogen-bond acceptors (Lipinski definition) is 4. The van der Waals surface area contributed by atoms with Crippen LogP contribution in [0, 0.1) is 0 Å². The van der Waals surface area contributed by atoms with Gasteiger partial charge >= 0.3 is 5.57 Å².